The van der Waals surface area contributed by atoms with Crippen molar-refractivity contribution in [3.63, 3.8) is 0 Å². The highest BCUT2D eigenvalue weighted by atomic mass is 16.5. The molecule has 0 bridgehead atoms. The van der Waals surface area contributed by atoms with Gasteiger partial charge >= 0.3 is 5.97 Å². The van der Waals surface area contributed by atoms with Crippen LogP contribution in [0.1, 0.15) is 33.1 Å². The summed E-state index contributed by atoms with van der Waals surface area (Å²) in [6, 6.07) is 0. The minimum absolute atomic E-state index is 0.250. The molecular formula is C10H18O3. The summed E-state index contributed by atoms with van der Waals surface area (Å²) in [5.74, 6) is 0.278. The minimum atomic E-state index is -0.594. The highest BCUT2D eigenvalue weighted by Crippen LogP contribution is 2.49. The first-order valence-corrected chi connectivity index (χ1v) is 4.83. The Hall–Kier alpha value is -0.570. The third-order valence-electron chi connectivity index (χ3n) is 3.04. The number of methoxy groups -OCH3 is 1. The van der Waals surface area contributed by atoms with Gasteiger partial charge in [0.05, 0.1) is 18.6 Å². The number of esters is 1. The van der Waals surface area contributed by atoms with Crippen LogP contribution in [0.3, 0.4) is 0 Å². The first-order valence-electron chi connectivity index (χ1n) is 4.83. The van der Waals surface area contributed by atoms with E-state index in [0.717, 1.165) is 12.8 Å². The van der Waals surface area contributed by atoms with Gasteiger partial charge in [-0.15, -0.1) is 0 Å². The molecule has 0 aromatic carbocycles. The number of aliphatic hydroxyl groups is 1. The van der Waals surface area contributed by atoms with Crippen molar-refractivity contribution in [2.45, 2.75) is 39.2 Å². The summed E-state index contributed by atoms with van der Waals surface area (Å²) >= 11 is 0. The highest BCUT2D eigenvalue weighted by molar-refractivity contribution is 5.78. The lowest BCUT2D eigenvalue weighted by Crippen LogP contribution is -2.51. The minimum Gasteiger partial charge on any atom is -0.469 e. The quantitative estimate of drug-likeness (QED) is 0.677. The van der Waals surface area contributed by atoms with Crippen LogP contribution in [0, 0.1) is 11.3 Å². The van der Waals surface area contributed by atoms with E-state index < -0.39 is 11.5 Å². The zero-order valence-corrected chi connectivity index (χ0v) is 8.54. The van der Waals surface area contributed by atoms with E-state index in [0.29, 0.717) is 12.3 Å². The molecule has 0 saturated heterocycles. The predicted octanol–water partition coefficient (Wildman–Crippen LogP) is 1.35. The van der Waals surface area contributed by atoms with Crippen molar-refractivity contribution in [3.8, 4) is 0 Å². The fraction of sp³-hybridized carbons (Fsp3) is 0.900. The highest BCUT2D eigenvalue weighted by Gasteiger charge is 2.53. The smallest absolute Gasteiger partial charge is 0.314 e. The topological polar surface area (TPSA) is 46.5 Å². The van der Waals surface area contributed by atoms with Crippen LogP contribution in [0.4, 0.5) is 0 Å². The number of ether oxygens (including phenoxy) is 1. The normalized spacial score (nSPS) is 34.9. The number of carbonyl (C=O) groups excluding carboxylic acids is 1. The van der Waals surface area contributed by atoms with Gasteiger partial charge in [-0.2, -0.15) is 0 Å². The van der Waals surface area contributed by atoms with E-state index in [2.05, 4.69) is 6.92 Å². The molecule has 3 heteroatoms. The zero-order chi connectivity index (χ0) is 10.1. The van der Waals surface area contributed by atoms with Crippen molar-refractivity contribution in [1.29, 1.82) is 0 Å². The molecule has 0 heterocycles. The van der Waals surface area contributed by atoms with Crippen molar-refractivity contribution in [2.75, 3.05) is 7.11 Å². The molecule has 0 aliphatic heterocycles. The Balaban J connectivity index is 2.72. The molecule has 1 saturated carbocycles. The first-order chi connectivity index (χ1) is 6.06. The third-order valence-corrected chi connectivity index (χ3v) is 3.04. The fourth-order valence-electron chi connectivity index (χ4n) is 2.35. The second kappa shape index (κ2) is 3.66. The molecule has 1 aliphatic rings. The molecule has 0 radical (unpaired) electrons. The van der Waals surface area contributed by atoms with Gasteiger partial charge in [-0.05, 0) is 25.2 Å². The number of hydrogen-bond donors (Lipinski definition) is 1. The average Bonchev–Trinajstić information content (AvgIpc) is 2.09. The lowest BCUT2D eigenvalue weighted by atomic mass is 9.59. The van der Waals surface area contributed by atoms with Crippen LogP contribution in [0.15, 0.2) is 0 Å². The Kier molecular flexibility index (Phi) is 2.96. The maximum absolute atomic E-state index is 11.5. The Morgan fingerprint density at radius 3 is 2.54 bits per heavy atom. The molecule has 0 spiro atoms. The Bertz CT molecular complexity index is 194. The fourth-order valence-corrected chi connectivity index (χ4v) is 2.35. The maximum atomic E-state index is 11.5. The molecular weight excluding hydrogens is 168 g/mol. The van der Waals surface area contributed by atoms with Crippen LogP contribution in [-0.4, -0.2) is 24.3 Å². The van der Waals surface area contributed by atoms with E-state index in [-0.39, 0.29) is 5.97 Å². The number of carbonyl (C=O) groups is 1. The standard InChI is InChI=1S/C10H18O3/c1-4-8(11)10(9(12)13-3)5-7(2)6-10/h7-8,11H,4-6H2,1-3H3. The number of hydrogen-bond acceptors (Lipinski definition) is 3. The van der Waals surface area contributed by atoms with Crippen LogP contribution in [-0.2, 0) is 9.53 Å². The zero-order valence-electron chi connectivity index (χ0n) is 8.54. The second-order valence-corrected chi connectivity index (χ2v) is 4.09. The van der Waals surface area contributed by atoms with E-state index in [9.17, 15) is 9.90 Å². The lowest BCUT2D eigenvalue weighted by molar-refractivity contribution is -0.174. The molecule has 76 valence electrons. The summed E-state index contributed by atoms with van der Waals surface area (Å²) in [7, 11) is 1.38. The van der Waals surface area contributed by atoms with Crippen LogP contribution in [0.5, 0.6) is 0 Å². The molecule has 3 nitrogen and oxygen atoms in total. The Morgan fingerprint density at radius 1 is 1.69 bits per heavy atom. The molecule has 1 unspecified atom stereocenters. The summed E-state index contributed by atoms with van der Waals surface area (Å²) < 4.78 is 4.73. The Morgan fingerprint density at radius 2 is 2.23 bits per heavy atom. The van der Waals surface area contributed by atoms with Crippen molar-refractivity contribution >= 4 is 5.97 Å². The molecule has 0 aromatic heterocycles. The van der Waals surface area contributed by atoms with Crippen LogP contribution in [0.25, 0.3) is 0 Å². The van der Waals surface area contributed by atoms with Gasteiger partial charge in [-0.25, -0.2) is 0 Å². The molecule has 1 aliphatic carbocycles. The van der Waals surface area contributed by atoms with Gasteiger partial charge < -0.3 is 9.84 Å². The predicted molar refractivity (Wildman–Crippen MR) is 49.1 cm³/mol. The van der Waals surface area contributed by atoms with Crippen molar-refractivity contribution in [3.05, 3.63) is 0 Å². The number of aliphatic hydroxyl groups excluding tert-OH is 1. The molecule has 0 aromatic rings. The average molecular weight is 186 g/mol. The molecule has 1 fully saturated rings. The van der Waals surface area contributed by atoms with E-state index in [1.807, 2.05) is 6.92 Å². The van der Waals surface area contributed by atoms with Gasteiger partial charge in [0, 0.05) is 0 Å². The largest absolute Gasteiger partial charge is 0.469 e. The van der Waals surface area contributed by atoms with Gasteiger partial charge in [0.1, 0.15) is 0 Å². The summed E-state index contributed by atoms with van der Waals surface area (Å²) in [4.78, 5) is 11.5. The molecule has 1 N–H and O–H groups in total. The van der Waals surface area contributed by atoms with Gasteiger partial charge in [-0.3, -0.25) is 4.79 Å². The molecule has 0 amide bonds. The van der Waals surface area contributed by atoms with Crippen LogP contribution < -0.4 is 0 Å². The summed E-state index contributed by atoms with van der Waals surface area (Å²) in [5.41, 5.74) is -0.594. The number of rotatable bonds is 3. The monoisotopic (exact) mass is 186 g/mol. The summed E-state index contributed by atoms with van der Waals surface area (Å²) in [5, 5.41) is 9.75. The van der Waals surface area contributed by atoms with Crippen molar-refractivity contribution < 1.29 is 14.6 Å². The van der Waals surface area contributed by atoms with Gasteiger partial charge in [0.25, 0.3) is 0 Å². The Labute approximate surface area is 79.1 Å². The van der Waals surface area contributed by atoms with Gasteiger partial charge in [0.2, 0.25) is 0 Å². The van der Waals surface area contributed by atoms with E-state index in [4.69, 9.17) is 4.74 Å². The SMILES string of the molecule is CCC(O)C1(C(=O)OC)CC(C)C1. The second-order valence-electron chi connectivity index (χ2n) is 4.09. The summed E-state index contributed by atoms with van der Waals surface area (Å²) in [6.45, 7) is 3.97. The lowest BCUT2D eigenvalue weighted by Gasteiger charge is -2.46. The van der Waals surface area contributed by atoms with Crippen molar-refractivity contribution in [2.24, 2.45) is 11.3 Å². The third kappa shape index (κ3) is 1.57. The summed E-state index contributed by atoms with van der Waals surface area (Å²) in [6.07, 6.45) is 1.58. The van der Waals surface area contributed by atoms with Crippen molar-refractivity contribution in [1.82, 2.24) is 0 Å². The van der Waals surface area contributed by atoms with Crippen LogP contribution >= 0.6 is 0 Å². The first kappa shape index (κ1) is 10.5. The van der Waals surface area contributed by atoms with Crippen LogP contribution in [0.2, 0.25) is 0 Å². The molecule has 1 atom stereocenters. The van der Waals surface area contributed by atoms with E-state index in [1.165, 1.54) is 7.11 Å². The van der Waals surface area contributed by atoms with E-state index >= 15 is 0 Å². The maximum Gasteiger partial charge on any atom is 0.314 e. The molecule has 1 rings (SSSR count). The van der Waals surface area contributed by atoms with E-state index in [1.54, 1.807) is 0 Å². The van der Waals surface area contributed by atoms with Gasteiger partial charge in [0.15, 0.2) is 0 Å². The molecule has 13 heavy (non-hydrogen) atoms. The van der Waals surface area contributed by atoms with Gasteiger partial charge in [-0.1, -0.05) is 13.8 Å².